The maximum Gasteiger partial charge on any atom is 0.221 e. The number of aliphatic hydroxyl groups excluding tert-OH is 1. The van der Waals surface area contributed by atoms with Gasteiger partial charge in [0.05, 0.1) is 5.69 Å². The van der Waals surface area contributed by atoms with Crippen LogP contribution in [0.25, 0.3) is 0 Å². The molecule has 16 heavy (non-hydrogen) atoms. The van der Waals surface area contributed by atoms with Crippen molar-refractivity contribution in [3.05, 3.63) is 16.3 Å². The van der Waals surface area contributed by atoms with Crippen molar-refractivity contribution in [3.63, 3.8) is 0 Å². The monoisotopic (exact) mass is 242 g/mol. The molecule has 0 aromatic carbocycles. The standard InChI is InChI=1S/C11H18N2O2S/c1-9(15)13-10-4-7-16-11(10)8-12-5-2-3-6-14/h4,7,12,14H,2-3,5-6,8H2,1H3,(H,13,15). The van der Waals surface area contributed by atoms with E-state index >= 15 is 0 Å². The highest BCUT2D eigenvalue weighted by molar-refractivity contribution is 7.10. The van der Waals surface area contributed by atoms with E-state index in [0.29, 0.717) is 0 Å². The average Bonchev–Trinajstić information content (AvgIpc) is 2.64. The summed E-state index contributed by atoms with van der Waals surface area (Å²) in [6.07, 6.45) is 1.80. The maximum absolute atomic E-state index is 10.9. The van der Waals surface area contributed by atoms with Crippen molar-refractivity contribution in [2.24, 2.45) is 0 Å². The molecule has 0 aliphatic carbocycles. The number of hydrogen-bond donors (Lipinski definition) is 3. The summed E-state index contributed by atoms with van der Waals surface area (Å²) in [5.41, 5.74) is 0.896. The van der Waals surface area contributed by atoms with Crippen molar-refractivity contribution in [1.29, 1.82) is 0 Å². The van der Waals surface area contributed by atoms with Crippen LogP contribution in [0, 0.1) is 0 Å². The third-order valence-corrected chi connectivity index (χ3v) is 3.02. The lowest BCUT2D eigenvalue weighted by atomic mass is 10.3. The highest BCUT2D eigenvalue weighted by atomic mass is 32.1. The van der Waals surface area contributed by atoms with E-state index in [2.05, 4.69) is 10.6 Å². The van der Waals surface area contributed by atoms with Crippen LogP contribution in [0.2, 0.25) is 0 Å². The molecular formula is C11H18N2O2S. The zero-order chi connectivity index (χ0) is 11.8. The number of amides is 1. The predicted molar refractivity (Wildman–Crippen MR) is 66.6 cm³/mol. The molecule has 0 atom stereocenters. The summed E-state index contributed by atoms with van der Waals surface area (Å²) in [6.45, 7) is 3.41. The Bertz CT molecular complexity index is 326. The minimum atomic E-state index is -0.0417. The molecule has 0 spiro atoms. The fourth-order valence-corrected chi connectivity index (χ4v) is 2.14. The highest BCUT2D eigenvalue weighted by Gasteiger charge is 2.04. The minimum Gasteiger partial charge on any atom is -0.396 e. The Labute approximate surface area is 99.7 Å². The van der Waals surface area contributed by atoms with Crippen molar-refractivity contribution in [3.8, 4) is 0 Å². The lowest BCUT2D eigenvalue weighted by Crippen LogP contribution is -2.16. The van der Waals surface area contributed by atoms with Crippen LogP contribution in [-0.2, 0) is 11.3 Å². The molecule has 90 valence electrons. The van der Waals surface area contributed by atoms with Gasteiger partial charge in [-0.2, -0.15) is 0 Å². The zero-order valence-electron chi connectivity index (χ0n) is 9.45. The number of carbonyl (C=O) groups is 1. The highest BCUT2D eigenvalue weighted by Crippen LogP contribution is 2.21. The first-order valence-corrected chi connectivity index (χ1v) is 6.27. The van der Waals surface area contributed by atoms with Gasteiger partial charge >= 0.3 is 0 Å². The van der Waals surface area contributed by atoms with Crippen molar-refractivity contribution in [1.82, 2.24) is 5.32 Å². The van der Waals surface area contributed by atoms with Crippen molar-refractivity contribution >= 4 is 22.9 Å². The minimum absolute atomic E-state index is 0.0417. The van der Waals surface area contributed by atoms with Crippen LogP contribution in [0.4, 0.5) is 5.69 Å². The molecule has 0 radical (unpaired) electrons. The van der Waals surface area contributed by atoms with Crippen molar-refractivity contribution < 1.29 is 9.90 Å². The molecule has 1 amide bonds. The molecule has 3 N–H and O–H groups in total. The summed E-state index contributed by atoms with van der Waals surface area (Å²) < 4.78 is 0. The second-order valence-corrected chi connectivity index (χ2v) is 4.55. The van der Waals surface area contributed by atoms with E-state index in [0.717, 1.165) is 36.5 Å². The normalized spacial score (nSPS) is 10.4. The molecule has 1 rings (SSSR count). The van der Waals surface area contributed by atoms with Crippen LogP contribution in [0.1, 0.15) is 24.6 Å². The summed E-state index contributed by atoms with van der Waals surface area (Å²) in [7, 11) is 0. The topological polar surface area (TPSA) is 61.4 Å². The van der Waals surface area contributed by atoms with Crippen LogP contribution < -0.4 is 10.6 Å². The van der Waals surface area contributed by atoms with E-state index in [1.165, 1.54) is 6.92 Å². The van der Waals surface area contributed by atoms with Crippen molar-refractivity contribution in [2.45, 2.75) is 26.3 Å². The van der Waals surface area contributed by atoms with Crippen LogP contribution in [0.3, 0.4) is 0 Å². The lowest BCUT2D eigenvalue weighted by Gasteiger charge is -2.05. The van der Waals surface area contributed by atoms with Crippen LogP contribution in [0.5, 0.6) is 0 Å². The molecule has 1 aromatic heterocycles. The number of aliphatic hydroxyl groups is 1. The first kappa shape index (κ1) is 13.2. The lowest BCUT2D eigenvalue weighted by molar-refractivity contribution is -0.114. The van der Waals surface area contributed by atoms with Crippen LogP contribution in [0.15, 0.2) is 11.4 Å². The third-order valence-electron chi connectivity index (χ3n) is 2.10. The van der Waals surface area contributed by atoms with Gasteiger partial charge in [-0.05, 0) is 30.8 Å². The quantitative estimate of drug-likeness (QED) is 0.636. The Kier molecular flexibility index (Phi) is 6.07. The summed E-state index contributed by atoms with van der Waals surface area (Å²) in [5, 5.41) is 16.7. The predicted octanol–water partition coefficient (Wildman–Crippen LogP) is 1.57. The molecule has 1 heterocycles. The third kappa shape index (κ3) is 4.74. The molecule has 0 saturated heterocycles. The van der Waals surface area contributed by atoms with Gasteiger partial charge in [-0.25, -0.2) is 0 Å². The summed E-state index contributed by atoms with van der Waals surface area (Å²) in [5.74, 6) is -0.0417. The number of anilines is 1. The fraction of sp³-hybridized carbons (Fsp3) is 0.545. The molecule has 5 heteroatoms. The average molecular weight is 242 g/mol. The van der Waals surface area contributed by atoms with E-state index < -0.39 is 0 Å². The largest absolute Gasteiger partial charge is 0.396 e. The maximum atomic E-state index is 10.9. The van der Waals surface area contributed by atoms with E-state index in [-0.39, 0.29) is 12.5 Å². The first-order chi connectivity index (χ1) is 7.74. The van der Waals surface area contributed by atoms with E-state index in [4.69, 9.17) is 5.11 Å². The molecule has 4 nitrogen and oxygen atoms in total. The molecule has 0 fully saturated rings. The van der Waals surface area contributed by atoms with E-state index in [1.807, 2.05) is 11.4 Å². The fourth-order valence-electron chi connectivity index (χ4n) is 1.34. The Morgan fingerprint density at radius 1 is 1.50 bits per heavy atom. The van der Waals surface area contributed by atoms with E-state index in [1.54, 1.807) is 11.3 Å². The number of nitrogens with one attached hydrogen (secondary N) is 2. The Balaban J connectivity index is 2.30. The molecule has 1 aromatic rings. The second kappa shape index (κ2) is 7.38. The zero-order valence-corrected chi connectivity index (χ0v) is 10.3. The summed E-state index contributed by atoms with van der Waals surface area (Å²) >= 11 is 1.63. The van der Waals surface area contributed by atoms with Gasteiger partial charge in [-0.3, -0.25) is 4.79 Å². The Morgan fingerprint density at radius 3 is 3.00 bits per heavy atom. The number of rotatable bonds is 7. The smallest absolute Gasteiger partial charge is 0.221 e. The Hall–Kier alpha value is -0.910. The van der Waals surface area contributed by atoms with Gasteiger partial charge < -0.3 is 15.7 Å². The number of unbranched alkanes of at least 4 members (excludes halogenated alkanes) is 1. The van der Waals surface area contributed by atoms with Gasteiger partial charge in [-0.1, -0.05) is 0 Å². The molecule has 0 bridgehead atoms. The van der Waals surface area contributed by atoms with E-state index in [9.17, 15) is 4.79 Å². The Morgan fingerprint density at radius 2 is 2.31 bits per heavy atom. The molecular weight excluding hydrogens is 224 g/mol. The van der Waals surface area contributed by atoms with Crippen molar-refractivity contribution in [2.75, 3.05) is 18.5 Å². The van der Waals surface area contributed by atoms with Gasteiger partial charge in [-0.15, -0.1) is 11.3 Å². The molecule has 0 aliphatic heterocycles. The molecule has 0 unspecified atom stereocenters. The summed E-state index contributed by atoms with van der Waals surface area (Å²) in [4.78, 5) is 12.1. The molecule has 0 aliphatic rings. The first-order valence-electron chi connectivity index (χ1n) is 5.39. The van der Waals surface area contributed by atoms with Crippen LogP contribution in [-0.4, -0.2) is 24.2 Å². The number of carbonyl (C=O) groups excluding carboxylic acids is 1. The second-order valence-electron chi connectivity index (χ2n) is 3.55. The molecule has 0 saturated carbocycles. The number of thiophene rings is 1. The SMILES string of the molecule is CC(=O)Nc1ccsc1CNCCCCO. The van der Waals surface area contributed by atoms with Gasteiger partial charge in [0, 0.05) is 25.0 Å². The van der Waals surface area contributed by atoms with Gasteiger partial charge in [0.1, 0.15) is 0 Å². The summed E-state index contributed by atoms with van der Waals surface area (Å²) in [6, 6.07) is 1.91. The van der Waals surface area contributed by atoms with Gasteiger partial charge in [0.25, 0.3) is 0 Å². The van der Waals surface area contributed by atoms with Gasteiger partial charge in [0.2, 0.25) is 5.91 Å². The van der Waals surface area contributed by atoms with Crippen LogP contribution >= 0.6 is 11.3 Å². The van der Waals surface area contributed by atoms with Gasteiger partial charge in [0.15, 0.2) is 0 Å². The number of hydrogen-bond acceptors (Lipinski definition) is 4.